The lowest BCUT2D eigenvalue weighted by atomic mass is 10.3. The largest absolute Gasteiger partial charge is 0.399 e. The number of benzene rings is 1. The van der Waals surface area contributed by atoms with Gasteiger partial charge in [0.1, 0.15) is 4.90 Å². The van der Waals surface area contributed by atoms with Crippen LogP contribution in [0.1, 0.15) is 0 Å². The molecule has 20 heavy (non-hydrogen) atoms. The van der Waals surface area contributed by atoms with Crippen molar-refractivity contribution in [3.63, 3.8) is 0 Å². The van der Waals surface area contributed by atoms with Crippen LogP contribution >= 0.6 is 39.5 Å². The van der Waals surface area contributed by atoms with E-state index in [9.17, 15) is 12.8 Å². The van der Waals surface area contributed by atoms with Crippen molar-refractivity contribution < 1.29 is 12.8 Å². The Kier molecular flexibility index (Phi) is 5.63. The number of sulfonamides is 1. The molecule has 1 atom stereocenters. The summed E-state index contributed by atoms with van der Waals surface area (Å²) >= 11 is 6.50. The Hall–Kier alpha value is 0.0400. The molecule has 0 spiro atoms. The second kappa shape index (κ2) is 6.87. The molecule has 1 aromatic carbocycles. The quantitative estimate of drug-likeness (QED) is 0.758. The van der Waals surface area contributed by atoms with Gasteiger partial charge in [0.2, 0.25) is 10.0 Å². The van der Waals surface area contributed by atoms with E-state index in [1.807, 2.05) is 0 Å². The molecule has 0 radical (unpaired) electrons. The lowest BCUT2D eigenvalue weighted by molar-refractivity contribution is 0.554. The van der Waals surface area contributed by atoms with Crippen LogP contribution in [0.3, 0.4) is 0 Å². The smallest absolute Gasteiger partial charge is 0.243 e. The van der Waals surface area contributed by atoms with Gasteiger partial charge in [0.15, 0.2) is 5.82 Å². The minimum absolute atomic E-state index is 0.0421. The summed E-state index contributed by atoms with van der Waals surface area (Å²) in [4.78, 5) is -0.419. The molecule has 0 aromatic heterocycles. The number of nitrogens with two attached hydrogens (primary N) is 1. The molecule has 4 nitrogen and oxygen atoms in total. The molecule has 1 aliphatic rings. The van der Waals surface area contributed by atoms with Gasteiger partial charge < -0.3 is 5.73 Å². The second-order valence-corrected chi connectivity index (χ2v) is 9.38. The first kappa shape index (κ1) is 16.4. The minimum atomic E-state index is -3.89. The van der Waals surface area contributed by atoms with Crippen molar-refractivity contribution in [2.24, 2.45) is 0 Å². The van der Waals surface area contributed by atoms with Gasteiger partial charge in [0.25, 0.3) is 0 Å². The maximum absolute atomic E-state index is 13.9. The summed E-state index contributed by atoms with van der Waals surface area (Å²) in [6, 6.07) is 2.47. The van der Waals surface area contributed by atoms with Crippen molar-refractivity contribution in [1.82, 2.24) is 4.72 Å². The third-order valence-electron chi connectivity index (χ3n) is 2.69. The molecular weight excluding hydrogens is 387 g/mol. The lowest BCUT2D eigenvalue weighted by Crippen LogP contribution is -2.34. The molecule has 3 N–H and O–H groups in total. The highest BCUT2D eigenvalue weighted by Crippen LogP contribution is 2.27. The first-order valence-electron chi connectivity index (χ1n) is 5.83. The van der Waals surface area contributed by atoms with E-state index >= 15 is 0 Å². The molecular formula is C11H14BrFN2O2S3. The second-order valence-electron chi connectivity index (χ2n) is 4.23. The molecule has 9 heteroatoms. The third-order valence-corrected chi connectivity index (χ3v) is 7.54. The van der Waals surface area contributed by atoms with Crippen LogP contribution in [-0.4, -0.2) is 37.5 Å². The highest BCUT2D eigenvalue weighted by atomic mass is 79.9. The molecule has 1 unspecified atom stereocenters. The predicted octanol–water partition coefficient (Wildman–Crippen LogP) is 2.30. The van der Waals surface area contributed by atoms with Crippen LogP contribution in [0.2, 0.25) is 0 Å². The monoisotopic (exact) mass is 400 g/mol. The molecule has 2 rings (SSSR count). The van der Waals surface area contributed by atoms with E-state index in [0.29, 0.717) is 6.54 Å². The topological polar surface area (TPSA) is 72.2 Å². The van der Waals surface area contributed by atoms with Gasteiger partial charge in [-0.25, -0.2) is 17.5 Å². The van der Waals surface area contributed by atoms with Crippen molar-refractivity contribution >= 4 is 55.2 Å². The summed E-state index contributed by atoms with van der Waals surface area (Å²) in [6.07, 6.45) is 0. The van der Waals surface area contributed by atoms with Gasteiger partial charge in [-0.3, -0.25) is 0 Å². The SMILES string of the molecule is Nc1cc(Br)c(F)c(S(=O)(=O)NCC2CSCCS2)c1. The van der Waals surface area contributed by atoms with Crippen LogP contribution in [0.15, 0.2) is 21.5 Å². The number of thioether (sulfide) groups is 2. The van der Waals surface area contributed by atoms with Gasteiger partial charge >= 0.3 is 0 Å². The number of rotatable bonds is 4. The van der Waals surface area contributed by atoms with Crippen LogP contribution in [0, 0.1) is 5.82 Å². The zero-order valence-electron chi connectivity index (χ0n) is 10.4. The van der Waals surface area contributed by atoms with E-state index in [1.54, 1.807) is 23.5 Å². The highest BCUT2D eigenvalue weighted by molar-refractivity contribution is 9.10. The average Bonchev–Trinajstić information content (AvgIpc) is 2.42. The Labute approximate surface area is 134 Å². The number of nitrogen functional groups attached to an aromatic ring is 1. The molecule has 1 aromatic rings. The van der Waals surface area contributed by atoms with Crippen molar-refractivity contribution in [3.8, 4) is 0 Å². The number of hydrogen-bond donors (Lipinski definition) is 2. The fourth-order valence-electron chi connectivity index (χ4n) is 1.71. The molecule has 1 fully saturated rings. The average molecular weight is 401 g/mol. The van der Waals surface area contributed by atoms with Gasteiger partial charge in [-0.2, -0.15) is 23.5 Å². The fourth-order valence-corrected chi connectivity index (χ4v) is 6.25. The van der Waals surface area contributed by atoms with Gasteiger partial charge in [-0.15, -0.1) is 0 Å². The van der Waals surface area contributed by atoms with Crippen LogP contribution < -0.4 is 10.5 Å². The van der Waals surface area contributed by atoms with E-state index in [1.165, 1.54) is 6.07 Å². The van der Waals surface area contributed by atoms with Crippen molar-refractivity contribution in [1.29, 1.82) is 0 Å². The molecule has 0 bridgehead atoms. The first-order chi connectivity index (χ1) is 9.40. The van der Waals surface area contributed by atoms with E-state index in [2.05, 4.69) is 20.7 Å². The molecule has 112 valence electrons. The van der Waals surface area contributed by atoms with Crippen molar-refractivity contribution in [2.75, 3.05) is 29.5 Å². The maximum atomic E-state index is 13.9. The molecule has 0 amide bonds. The van der Waals surface area contributed by atoms with Crippen LogP contribution in [0.4, 0.5) is 10.1 Å². The zero-order valence-corrected chi connectivity index (χ0v) is 14.5. The normalized spacial score (nSPS) is 20.0. The van der Waals surface area contributed by atoms with Gasteiger partial charge in [-0.1, -0.05) is 0 Å². The van der Waals surface area contributed by atoms with Crippen molar-refractivity contribution in [3.05, 3.63) is 22.4 Å². The highest BCUT2D eigenvalue weighted by Gasteiger charge is 2.23. The Balaban J connectivity index is 2.14. The van der Waals surface area contributed by atoms with E-state index < -0.39 is 20.7 Å². The van der Waals surface area contributed by atoms with E-state index in [0.717, 1.165) is 23.3 Å². The first-order valence-corrected chi connectivity index (χ1v) is 10.3. The molecule has 0 saturated carbocycles. The number of halogens is 2. The van der Waals surface area contributed by atoms with Crippen LogP contribution in [-0.2, 0) is 10.0 Å². The molecule has 1 aliphatic heterocycles. The maximum Gasteiger partial charge on any atom is 0.243 e. The summed E-state index contributed by atoms with van der Waals surface area (Å²) in [5, 5.41) is 0.219. The molecule has 1 heterocycles. The third kappa shape index (κ3) is 4.03. The van der Waals surface area contributed by atoms with Gasteiger partial charge in [0, 0.05) is 34.7 Å². The predicted molar refractivity (Wildman–Crippen MR) is 87.3 cm³/mol. The summed E-state index contributed by atoms with van der Waals surface area (Å²) in [5.74, 6) is 2.17. The van der Waals surface area contributed by atoms with E-state index in [-0.39, 0.29) is 15.4 Å². The van der Waals surface area contributed by atoms with Crippen LogP contribution in [0.5, 0.6) is 0 Å². The van der Waals surface area contributed by atoms with Crippen LogP contribution in [0.25, 0.3) is 0 Å². The summed E-state index contributed by atoms with van der Waals surface area (Å²) in [7, 11) is -3.89. The lowest BCUT2D eigenvalue weighted by Gasteiger charge is -2.21. The summed E-state index contributed by atoms with van der Waals surface area (Å²) in [6.45, 7) is 0.297. The fraction of sp³-hybridized carbons (Fsp3) is 0.455. The summed E-state index contributed by atoms with van der Waals surface area (Å²) in [5.41, 5.74) is 5.76. The summed E-state index contributed by atoms with van der Waals surface area (Å²) < 4.78 is 40.7. The Morgan fingerprint density at radius 1 is 1.45 bits per heavy atom. The number of hydrogen-bond acceptors (Lipinski definition) is 5. The minimum Gasteiger partial charge on any atom is -0.399 e. The molecule has 0 aliphatic carbocycles. The van der Waals surface area contributed by atoms with E-state index in [4.69, 9.17) is 5.73 Å². The number of anilines is 1. The zero-order chi connectivity index (χ0) is 14.8. The Bertz CT molecular complexity index is 592. The van der Waals surface area contributed by atoms with Gasteiger partial charge in [-0.05, 0) is 28.1 Å². The van der Waals surface area contributed by atoms with Crippen molar-refractivity contribution in [2.45, 2.75) is 10.1 Å². The number of nitrogens with one attached hydrogen (secondary N) is 1. The molecule has 1 saturated heterocycles. The Morgan fingerprint density at radius 2 is 2.20 bits per heavy atom. The standard InChI is InChI=1S/C11H14BrFN2O2S3/c12-9-3-7(14)4-10(11(9)13)20(16,17)15-5-8-6-18-1-2-19-8/h3-4,8,15H,1-2,5-6,14H2. The Morgan fingerprint density at radius 3 is 2.85 bits per heavy atom. The van der Waals surface area contributed by atoms with Gasteiger partial charge in [0.05, 0.1) is 4.47 Å².